The zero-order valence-corrected chi connectivity index (χ0v) is 19.0. The highest BCUT2D eigenvalue weighted by atomic mass is 16.5. The summed E-state index contributed by atoms with van der Waals surface area (Å²) in [4.78, 5) is 7.98. The maximum Gasteiger partial charge on any atom is 0.176 e. The number of quaternary nitrogens is 1. The minimum absolute atomic E-state index is 0.0797. The van der Waals surface area contributed by atoms with Gasteiger partial charge < -0.3 is 24.2 Å². The van der Waals surface area contributed by atoms with Crippen LogP contribution in [-0.4, -0.2) is 68.5 Å². The Bertz CT molecular complexity index is 1160. The molecule has 0 saturated carbocycles. The molecule has 0 fully saturated rings. The SMILES string of the molecule is COc1ccc(C=N/C(C#N)=C(/C#N)N=Cc2ccc(OCC[N+](C)(C)C)cc2O)c(O)c1. The summed E-state index contributed by atoms with van der Waals surface area (Å²) >= 11 is 0. The molecule has 2 rings (SSSR count). The molecule has 2 N–H and O–H groups in total. The summed E-state index contributed by atoms with van der Waals surface area (Å²) in [5.74, 6) is 0.804. The van der Waals surface area contributed by atoms with E-state index in [1.54, 1.807) is 24.3 Å². The molecule has 170 valence electrons. The number of nitrogens with zero attached hydrogens (tertiary/aromatic N) is 5. The number of hydrogen-bond donors (Lipinski definition) is 2. The van der Waals surface area contributed by atoms with Gasteiger partial charge in [-0.15, -0.1) is 0 Å². The first kappa shape index (κ1) is 24.9. The van der Waals surface area contributed by atoms with Crippen LogP contribution in [0.25, 0.3) is 0 Å². The highest BCUT2D eigenvalue weighted by molar-refractivity contribution is 5.86. The Hall–Kier alpha value is -4.34. The Balaban J connectivity index is 2.19. The summed E-state index contributed by atoms with van der Waals surface area (Å²) in [7, 11) is 7.64. The molecular weight excluding hydrogens is 422 g/mol. The molecule has 2 aromatic rings. The van der Waals surface area contributed by atoms with Gasteiger partial charge in [0.2, 0.25) is 0 Å². The molecule has 0 radical (unpaired) electrons. The van der Waals surface area contributed by atoms with Crippen LogP contribution in [0.3, 0.4) is 0 Å². The fourth-order valence-electron chi connectivity index (χ4n) is 2.47. The Morgan fingerprint density at radius 2 is 1.39 bits per heavy atom. The van der Waals surface area contributed by atoms with Crippen molar-refractivity contribution >= 4 is 12.4 Å². The van der Waals surface area contributed by atoms with Crippen molar-refractivity contribution in [3.63, 3.8) is 0 Å². The molecule has 0 aliphatic rings. The lowest BCUT2D eigenvalue weighted by molar-refractivity contribution is -0.870. The van der Waals surface area contributed by atoms with Gasteiger partial charge in [-0.05, 0) is 24.3 Å². The predicted octanol–water partition coefficient (Wildman–Crippen LogP) is 2.99. The van der Waals surface area contributed by atoms with Gasteiger partial charge in [-0.1, -0.05) is 0 Å². The van der Waals surface area contributed by atoms with Crippen LogP contribution >= 0.6 is 0 Å². The number of benzene rings is 2. The third-order valence-corrected chi connectivity index (χ3v) is 4.37. The monoisotopic (exact) mass is 448 g/mol. The number of ether oxygens (including phenoxy) is 2. The molecule has 33 heavy (non-hydrogen) atoms. The topological polar surface area (TPSA) is 131 Å². The predicted molar refractivity (Wildman–Crippen MR) is 125 cm³/mol. The second-order valence-electron chi connectivity index (χ2n) is 7.94. The molecule has 9 heteroatoms. The van der Waals surface area contributed by atoms with Crippen molar-refractivity contribution in [2.45, 2.75) is 0 Å². The van der Waals surface area contributed by atoms with Crippen LogP contribution in [0.4, 0.5) is 0 Å². The van der Waals surface area contributed by atoms with Crippen molar-refractivity contribution < 1.29 is 24.2 Å². The van der Waals surface area contributed by atoms with Crippen LogP contribution in [0.15, 0.2) is 57.8 Å². The molecule has 0 amide bonds. The fourth-order valence-corrected chi connectivity index (χ4v) is 2.47. The lowest BCUT2D eigenvalue weighted by Crippen LogP contribution is -2.38. The molecule has 0 aromatic heterocycles. The van der Waals surface area contributed by atoms with E-state index < -0.39 is 0 Å². The summed E-state index contributed by atoms with van der Waals surface area (Å²) in [6, 6.07) is 13.0. The minimum Gasteiger partial charge on any atom is -0.507 e. The minimum atomic E-state index is -0.247. The molecule has 0 spiro atoms. The maximum absolute atomic E-state index is 10.3. The number of aliphatic imine (C=N–C) groups is 2. The normalized spacial score (nSPS) is 12.3. The zero-order chi connectivity index (χ0) is 24.4. The van der Waals surface area contributed by atoms with Gasteiger partial charge in [-0.3, -0.25) is 0 Å². The average Bonchev–Trinajstić information content (AvgIpc) is 2.77. The van der Waals surface area contributed by atoms with Crippen molar-refractivity contribution in [1.82, 2.24) is 0 Å². The number of hydrogen-bond acceptors (Lipinski definition) is 8. The van der Waals surface area contributed by atoms with Crippen molar-refractivity contribution in [3.05, 3.63) is 58.9 Å². The number of phenols is 2. The van der Waals surface area contributed by atoms with E-state index in [4.69, 9.17) is 9.47 Å². The Morgan fingerprint density at radius 3 is 1.82 bits per heavy atom. The quantitative estimate of drug-likeness (QED) is 0.344. The second kappa shape index (κ2) is 11.3. The van der Waals surface area contributed by atoms with E-state index in [-0.39, 0.29) is 22.9 Å². The third-order valence-electron chi connectivity index (χ3n) is 4.37. The van der Waals surface area contributed by atoms with Gasteiger partial charge in [0.25, 0.3) is 0 Å². The van der Waals surface area contributed by atoms with Crippen LogP contribution in [0.5, 0.6) is 23.0 Å². The lowest BCUT2D eigenvalue weighted by atomic mass is 10.2. The Kier molecular flexibility index (Phi) is 8.56. The van der Waals surface area contributed by atoms with Crippen molar-refractivity contribution in [1.29, 1.82) is 10.5 Å². The maximum atomic E-state index is 10.3. The Morgan fingerprint density at radius 1 is 0.909 bits per heavy atom. The van der Waals surface area contributed by atoms with E-state index in [0.29, 0.717) is 29.2 Å². The number of nitriles is 2. The van der Waals surface area contributed by atoms with E-state index >= 15 is 0 Å². The van der Waals surface area contributed by atoms with Crippen molar-refractivity contribution in [2.75, 3.05) is 41.4 Å². The van der Waals surface area contributed by atoms with Gasteiger partial charge >= 0.3 is 0 Å². The molecule has 0 aliphatic carbocycles. The van der Waals surface area contributed by atoms with Crippen LogP contribution in [0, 0.1) is 22.7 Å². The van der Waals surface area contributed by atoms with E-state index in [1.165, 1.54) is 31.7 Å². The first-order valence-electron chi connectivity index (χ1n) is 9.92. The summed E-state index contributed by atoms with van der Waals surface area (Å²) < 4.78 is 11.4. The number of aromatic hydroxyl groups is 2. The number of phenolic OH excluding ortho intramolecular Hbond substituents is 2. The standard InChI is InChI=1S/C24H25N5O4/c1-29(2,3)9-10-33-20-8-6-18(24(31)12-20)16-28-22(14-26)21(13-25)27-15-17-5-7-19(32-4)11-23(17)30/h5-8,11-12,15-16H,9-10H2,1-4H3,(H-,27,28,30,31)/p+1/b22-21-. The van der Waals surface area contributed by atoms with E-state index in [1.807, 2.05) is 12.1 Å². The molecule has 0 unspecified atom stereocenters. The summed E-state index contributed by atoms with van der Waals surface area (Å²) in [6.45, 7) is 1.29. The third kappa shape index (κ3) is 7.69. The highest BCUT2D eigenvalue weighted by Gasteiger charge is 2.09. The van der Waals surface area contributed by atoms with Gasteiger partial charge in [0.05, 0.1) is 28.3 Å². The smallest absolute Gasteiger partial charge is 0.176 e. The molecule has 0 heterocycles. The first-order chi connectivity index (χ1) is 15.7. The molecule has 0 aliphatic heterocycles. The van der Waals surface area contributed by atoms with E-state index in [2.05, 4.69) is 31.1 Å². The lowest BCUT2D eigenvalue weighted by Gasteiger charge is -2.23. The highest BCUT2D eigenvalue weighted by Crippen LogP contribution is 2.24. The van der Waals surface area contributed by atoms with E-state index in [9.17, 15) is 20.7 Å². The number of methoxy groups -OCH3 is 1. The van der Waals surface area contributed by atoms with Gasteiger partial charge in [-0.25, -0.2) is 9.98 Å². The van der Waals surface area contributed by atoms with Crippen molar-refractivity contribution in [3.8, 4) is 35.1 Å². The number of likely N-dealkylation sites (N-methyl/N-ethyl adjacent to an activating group) is 1. The summed E-state index contributed by atoms with van der Waals surface area (Å²) in [6.07, 6.45) is 2.52. The van der Waals surface area contributed by atoms with Crippen LogP contribution in [0.1, 0.15) is 11.1 Å². The summed E-state index contributed by atoms with van der Waals surface area (Å²) in [5.41, 5.74) is 0.187. The largest absolute Gasteiger partial charge is 0.507 e. The fraction of sp³-hybridized carbons (Fsp3) is 0.250. The van der Waals surface area contributed by atoms with Gasteiger partial charge in [0, 0.05) is 35.7 Å². The van der Waals surface area contributed by atoms with Crippen molar-refractivity contribution in [2.24, 2.45) is 9.98 Å². The number of allylic oxidation sites excluding steroid dienone is 2. The molecule has 0 bridgehead atoms. The molecule has 9 nitrogen and oxygen atoms in total. The molecule has 0 atom stereocenters. The van der Waals surface area contributed by atoms with Gasteiger partial charge in [0.15, 0.2) is 11.4 Å². The zero-order valence-electron chi connectivity index (χ0n) is 19.0. The molecule has 0 saturated heterocycles. The summed E-state index contributed by atoms with van der Waals surface area (Å²) in [5, 5.41) is 39.0. The Labute approximate surface area is 193 Å². The molecule has 2 aromatic carbocycles. The van der Waals surface area contributed by atoms with Gasteiger partial charge in [0.1, 0.15) is 48.3 Å². The number of rotatable bonds is 9. The molecular formula is C24H26N5O4+. The van der Waals surface area contributed by atoms with Crippen LogP contribution in [0.2, 0.25) is 0 Å². The van der Waals surface area contributed by atoms with E-state index in [0.717, 1.165) is 11.0 Å². The van der Waals surface area contributed by atoms with Crippen LogP contribution in [-0.2, 0) is 0 Å². The first-order valence-corrected chi connectivity index (χ1v) is 9.92. The van der Waals surface area contributed by atoms with Crippen LogP contribution < -0.4 is 9.47 Å². The average molecular weight is 449 g/mol. The van der Waals surface area contributed by atoms with Gasteiger partial charge in [-0.2, -0.15) is 10.5 Å². The second-order valence-corrected chi connectivity index (χ2v) is 7.94.